The fourth-order valence-electron chi connectivity index (χ4n) is 2.85. The van der Waals surface area contributed by atoms with Crippen molar-refractivity contribution in [1.29, 1.82) is 0 Å². The van der Waals surface area contributed by atoms with Crippen LogP contribution in [0, 0.1) is 6.92 Å². The summed E-state index contributed by atoms with van der Waals surface area (Å²) in [7, 11) is 0. The minimum atomic E-state index is -0.342. The molecule has 112 valence electrons. The number of hydrogen-bond donors (Lipinski definition) is 0. The SMILES string of the molecule is CC(C)=CCCC1=CC=C(C=O)C(C)(c2ccc(C)o2)C1. The lowest BCUT2D eigenvalue weighted by Crippen LogP contribution is -2.28. The van der Waals surface area contributed by atoms with Crippen LogP contribution in [0.5, 0.6) is 0 Å². The highest BCUT2D eigenvalue weighted by atomic mass is 16.3. The summed E-state index contributed by atoms with van der Waals surface area (Å²) in [6.45, 7) is 8.27. The molecular weight excluding hydrogens is 260 g/mol. The molecule has 2 heteroatoms. The third-order valence-corrected chi connectivity index (χ3v) is 4.15. The first-order chi connectivity index (χ1) is 9.95. The molecule has 2 rings (SSSR count). The highest BCUT2D eigenvalue weighted by Crippen LogP contribution is 2.41. The van der Waals surface area contributed by atoms with Gasteiger partial charge < -0.3 is 4.42 Å². The van der Waals surface area contributed by atoms with Gasteiger partial charge in [-0.25, -0.2) is 0 Å². The van der Waals surface area contributed by atoms with Crippen molar-refractivity contribution in [2.45, 2.75) is 52.4 Å². The van der Waals surface area contributed by atoms with Gasteiger partial charge in [-0.05, 0) is 59.1 Å². The molecule has 0 spiro atoms. The van der Waals surface area contributed by atoms with Crippen LogP contribution in [0.1, 0.15) is 51.6 Å². The van der Waals surface area contributed by atoms with Crippen LogP contribution in [0.4, 0.5) is 0 Å². The molecule has 0 bridgehead atoms. The van der Waals surface area contributed by atoms with E-state index in [-0.39, 0.29) is 5.41 Å². The first kappa shape index (κ1) is 15.6. The van der Waals surface area contributed by atoms with E-state index in [0.29, 0.717) is 0 Å². The summed E-state index contributed by atoms with van der Waals surface area (Å²) in [5.41, 5.74) is 3.17. The van der Waals surface area contributed by atoms with Crippen LogP contribution >= 0.6 is 0 Å². The molecule has 0 saturated heterocycles. The second-order valence-corrected chi connectivity index (χ2v) is 6.30. The minimum Gasteiger partial charge on any atom is -0.465 e. The van der Waals surface area contributed by atoms with E-state index < -0.39 is 0 Å². The third-order valence-electron chi connectivity index (χ3n) is 4.15. The molecule has 0 saturated carbocycles. The van der Waals surface area contributed by atoms with E-state index in [2.05, 4.69) is 32.9 Å². The molecule has 0 aliphatic heterocycles. The number of carbonyl (C=O) groups excluding carboxylic acids is 1. The van der Waals surface area contributed by atoms with Crippen molar-refractivity contribution in [3.05, 3.63) is 58.6 Å². The van der Waals surface area contributed by atoms with E-state index >= 15 is 0 Å². The van der Waals surface area contributed by atoms with E-state index in [1.165, 1.54) is 11.1 Å². The first-order valence-corrected chi connectivity index (χ1v) is 7.51. The molecule has 0 aromatic carbocycles. The Hall–Kier alpha value is -1.83. The van der Waals surface area contributed by atoms with Crippen molar-refractivity contribution in [2.24, 2.45) is 0 Å². The lowest BCUT2D eigenvalue weighted by molar-refractivity contribution is -0.105. The maximum absolute atomic E-state index is 11.4. The van der Waals surface area contributed by atoms with Gasteiger partial charge in [-0.1, -0.05) is 29.4 Å². The molecule has 2 nitrogen and oxygen atoms in total. The summed E-state index contributed by atoms with van der Waals surface area (Å²) < 4.78 is 5.81. The van der Waals surface area contributed by atoms with Gasteiger partial charge in [0.2, 0.25) is 0 Å². The molecule has 21 heavy (non-hydrogen) atoms. The minimum absolute atomic E-state index is 0.342. The van der Waals surface area contributed by atoms with Gasteiger partial charge in [-0.2, -0.15) is 0 Å². The van der Waals surface area contributed by atoms with Gasteiger partial charge >= 0.3 is 0 Å². The quantitative estimate of drug-likeness (QED) is 0.559. The third kappa shape index (κ3) is 3.44. The Kier molecular flexibility index (Phi) is 4.66. The summed E-state index contributed by atoms with van der Waals surface area (Å²) >= 11 is 0. The van der Waals surface area contributed by atoms with Gasteiger partial charge in [0, 0.05) is 5.57 Å². The van der Waals surface area contributed by atoms with Gasteiger partial charge in [-0.15, -0.1) is 0 Å². The Balaban J connectivity index is 2.23. The van der Waals surface area contributed by atoms with Crippen LogP contribution in [0.3, 0.4) is 0 Å². The number of aldehydes is 1. The molecule has 1 heterocycles. The van der Waals surface area contributed by atoms with Crippen LogP contribution in [0.2, 0.25) is 0 Å². The van der Waals surface area contributed by atoms with Gasteiger partial charge in [0.05, 0.1) is 5.41 Å². The average molecular weight is 284 g/mol. The van der Waals surface area contributed by atoms with Crippen molar-refractivity contribution in [1.82, 2.24) is 0 Å². The second kappa shape index (κ2) is 6.30. The molecular formula is C19H24O2. The van der Waals surface area contributed by atoms with Crippen LogP contribution in [-0.2, 0) is 10.2 Å². The van der Waals surface area contributed by atoms with E-state index in [4.69, 9.17) is 4.42 Å². The maximum atomic E-state index is 11.4. The Bertz CT molecular complexity index is 609. The van der Waals surface area contributed by atoms with Crippen LogP contribution in [0.15, 0.2) is 51.5 Å². The Morgan fingerprint density at radius 1 is 1.33 bits per heavy atom. The number of rotatable bonds is 5. The highest BCUT2D eigenvalue weighted by Gasteiger charge is 2.36. The zero-order valence-electron chi connectivity index (χ0n) is 13.4. The molecule has 1 unspecified atom stereocenters. The highest BCUT2D eigenvalue weighted by molar-refractivity contribution is 5.79. The molecule has 1 aromatic heterocycles. The molecule has 0 N–H and O–H groups in total. The molecule has 1 aliphatic carbocycles. The number of furan rings is 1. The zero-order valence-corrected chi connectivity index (χ0v) is 13.4. The second-order valence-electron chi connectivity index (χ2n) is 6.30. The molecule has 1 aromatic rings. The smallest absolute Gasteiger partial charge is 0.147 e. The van der Waals surface area contributed by atoms with Gasteiger partial charge in [-0.3, -0.25) is 4.79 Å². The predicted molar refractivity (Wildman–Crippen MR) is 86.3 cm³/mol. The molecule has 1 atom stereocenters. The largest absolute Gasteiger partial charge is 0.465 e. The maximum Gasteiger partial charge on any atom is 0.147 e. The van der Waals surface area contributed by atoms with E-state index in [1.807, 2.05) is 25.1 Å². The number of aryl methyl sites for hydroxylation is 1. The van der Waals surface area contributed by atoms with Crippen LogP contribution in [0.25, 0.3) is 0 Å². The lowest BCUT2D eigenvalue weighted by atomic mass is 9.71. The molecule has 0 fully saturated rings. The van der Waals surface area contributed by atoms with Gasteiger partial charge in [0.15, 0.2) is 0 Å². The fourth-order valence-corrected chi connectivity index (χ4v) is 2.85. The fraction of sp³-hybridized carbons (Fsp3) is 0.421. The van der Waals surface area contributed by atoms with Crippen molar-refractivity contribution in [3.63, 3.8) is 0 Å². The van der Waals surface area contributed by atoms with Crippen molar-refractivity contribution < 1.29 is 9.21 Å². The molecule has 0 amide bonds. The number of hydrogen-bond acceptors (Lipinski definition) is 2. The summed E-state index contributed by atoms with van der Waals surface area (Å²) in [5, 5.41) is 0. The van der Waals surface area contributed by atoms with Crippen molar-refractivity contribution >= 4 is 6.29 Å². The summed E-state index contributed by atoms with van der Waals surface area (Å²) in [6.07, 6.45) is 10.2. The Morgan fingerprint density at radius 3 is 2.67 bits per heavy atom. The molecule has 1 aliphatic rings. The standard InChI is InChI=1S/C19H24O2/c1-14(2)6-5-7-16-9-10-17(13-20)19(4,12-16)18-11-8-15(3)21-18/h6,8-11,13H,5,7,12H2,1-4H3. The van der Waals surface area contributed by atoms with Crippen molar-refractivity contribution in [3.8, 4) is 0 Å². The zero-order chi connectivity index (χ0) is 15.5. The number of carbonyl (C=O) groups is 1. The average Bonchev–Trinajstić information content (AvgIpc) is 2.86. The predicted octanol–water partition coefficient (Wildman–Crippen LogP) is 5.05. The van der Waals surface area contributed by atoms with Gasteiger partial charge in [0.1, 0.15) is 17.8 Å². The molecule has 0 radical (unpaired) electrons. The topological polar surface area (TPSA) is 30.2 Å². The summed E-state index contributed by atoms with van der Waals surface area (Å²) in [5.74, 6) is 1.77. The normalized spacial score (nSPS) is 21.5. The van der Waals surface area contributed by atoms with E-state index in [0.717, 1.165) is 42.6 Å². The Morgan fingerprint density at radius 2 is 2.10 bits per heavy atom. The lowest BCUT2D eigenvalue weighted by Gasteiger charge is -2.31. The van der Waals surface area contributed by atoms with E-state index in [9.17, 15) is 4.79 Å². The Labute approximate surface area is 127 Å². The van der Waals surface area contributed by atoms with Crippen LogP contribution < -0.4 is 0 Å². The summed E-state index contributed by atoms with van der Waals surface area (Å²) in [4.78, 5) is 11.4. The summed E-state index contributed by atoms with van der Waals surface area (Å²) in [6, 6.07) is 3.95. The monoisotopic (exact) mass is 284 g/mol. The first-order valence-electron chi connectivity index (χ1n) is 7.51. The van der Waals surface area contributed by atoms with E-state index in [1.54, 1.807) is 0 Å². The van der Waals surface area contributed by atoms with Gasteiger partial charge in [0.25, 0.3) is 0 Å². The van der Waals surface area contributed by atoms with Crippen LogP contribution in [-0.4, -0.2) is 6.29 Å². The number of allylic oxidation sites excluding steroid dienone is 6. The van der Waals surface area contributed by atoms with Crippen molar-refractivity contribution in [2.75, 3.05) is 0 Å².